The second kappa shape index (κ2) is 9.13. The molecule has 2 aromatic rings. The average Bonchev–Trinajstić information content (AvgIpc) is 2.71. The molecule has 1 heterocycles. The Hall–Kier alpha value is -2.80. The summed E-state index contributed by atoms with van der Waals surface area (Å²) in [6, 6.07) is 9.40. The van der Waals surface area contributed by atoms with Crippen LogP contribution < -0.4 is 5.32 Å². The van der Waals surface area contributed by atoms with E-state index in [1.54, 1.807) is 43.0 Å². The van der Waals surface area contributed by atoms with E-state index in [0.717, 1.165) is 0 Å². The fraction of sp³-hybridized carbons (Fsp3) is 0.364. The Balaban J connectivity index is 1.45. The zero-order chi connectivity index (χ0) is 21.0. The molecule has 0 bridgehead atoms. The number of hydrogen-bond acceptors (Lipinski definition) is 3. The van der Waals surface area contributed by atoms with Gasteiger partial charge in [0.1, 0.15) is 11.6 Å². The van der Waals surface area contributed by atoms with E-state index >= 15 is 0 Å². The highest BCUT2D eigenvalue weighted by molar-refractivity contribution is 5.94. The molecule has 1 aliphatic heterocycles. The predicted octanol–water partition coefficient (Wildman–Crippen LogP) is 2.66. The maximum absolute atomic E-state index is 13.7. The van der Waals surface area contributed by atoms with Crippen molar-refractivity contribution in [3.05, 3.63) is 70.3 Å². The van der Waals surface area contributed by atoms with Gasteiger partial charge in [-0.25, -0.2) is 8.78 Å². The molecule has 154 valence electrons. The van der Waals surface area contributed by atoms with Crippen LogP contribution in [0.4, 0.5) is 8.78 Å². The first-order chi connectivity index (χ1) is 13.8. The van der Waals surface area contributed by atoms with Crippen molar-refractivity contribution >= 4 is 11.8 Å². The van der Waals surface area contributed by atoms with Crippen molar-refractivity contribution in [3.63, 3.8) is 0 Å². The van der Waals surface area contributed by atoms with Gasteiger partial charge in [0.05, 0.1) is 6.54 Å². The van der Waals surface area contributed by atoms with Crippen LogP contribution in [0.15, 0.2) is 36.4 Å². The molecule has 29 heavy (non-hydrogen) atoms. The van der Waals surface area contributed by atoms with Crippen LogP contribution in [0.5, 0.6) is 0 Å². The van der Waals surface area contributed by atoms with Gasteiger partial charge >= 0.3 is 0 Å². The first-order valence-corrected chi connectivity index (χ1v) is 9.63. The highest BCUT2D eigenvalue weighted by atomic mass is 19.1. The molecule has 1 aliphatic rings. The van der Waals surface area contributed by atoms with Crippen LogP contribution in [-0.4, -0.2) is 54.3 Å². The maximum Gasteiger partial charge on any atom is 0.254 e. The number of halogens is 2. The number of hydrogen-bond donors (Lipinski definition) is 1. The molecule has 0 aliphatic carbocycles. The van der Waals surface area contributed by atoms with Crippen molar-refractivity contribution in [2.24, 2.45) is 0 Å². The van der Waals surface area contributed by atoms with Crippen molar-refractivity contribution in [1.82, 2.24) is 15.1 Å². The monoisotopic (exact) mass is 401 g/mol. The van der Waals surface area contributed by atoms with E-state index in [9.17, 15) is 18.4 Å². The normalized spacial score (nSPS) is 14.7. The highest BCUT2D eigenvalue weighted by Gasteiger charge is 2.23. The molecule has 1 N–H and O–H groups in total. The van der Waals surface area contributed by atoms with Crippen molar-refractivity contribution in [3.8, 4) is 0 Å². The minimum absolute atomic E-state index is 0.147. The molecule has 2 aromatic carbocycles. The molecular weight excluding hydrogens is 376 g/mol. The first-order valence-electron chi connectivity index (χ1n) is 9.63. The van der Waals surface area contributed by atoms with Crippen LogP contribution in [0.25, 0.3) is 0 Å². The maximum atomic E-state index is 13.7. The highest BCUT2D eigenvalue weighted by Crippen LogP contribution is 2.13. The summed E-state index contributed by atoms with van der Waals surface area (Å²) >= 11 is 0. The molecule has 5 nitrogen and oxygen atoms in total. The second-order valence-corrected chi connectivity index (χ2v) is 7.39. The topological polar surface area (TPSA) is 52.7 Å². The van der Waals surface area contributed by atoms with E-state index in [-0.39, 0.29) is 36.5 Å². The molecule has 1 fully saturated rings. The molecular formula is C22H25F2N3O2. The summed E-state index contributed by atoms with van der Waals surface area (Å²) in [6.45, 7) is 5.91. The van der Waals surface area contributed by atoms with Crippen molar-refractivity contribution in [2.45, 2.75) is 20.4 Å². The SMILES string of the molecule is Cc1ccc(CNC(=O)CN2CCN(C(=O)c3ccc(C)c(F)c3)CC2)cc1F. The van der Waals surface area contributed by atoms with Crippen LogP contribution >= 0.6 is 0 Å². The molecule has 0 unspecified atom stereocenters. The van der Waals surface area contributed by atoms with E-state index in [1.807, 2.05) is 4.90 Å². The lowest BCUT2D eigenvalue weighted by molar-refractivity contribution is -0.122. The zero-order valence-corrected chi connectivity index (χ0v) is 16.7. The van der Waals surface area contributed by atoms with Gasteiger partial charge in [-0.05, 0) is 48.7 Å². The number of benzene rings is 2. The number of rotatable bonds is 5. The van der Waals surface area contributed by atoms with E-state index in [1.165, 1.54) is 12.1 Å². The number of nitrogens with one attached hydrogen (secondary N) is 1. The number of carbonyl (C=O) groups is 2. The quantitative estimate of drug-likeness (QED) is 0.838. The number of nitrogens with zero attached hydrogens (tertiary/aromatic N) is 2. The van der Waals surface area contributed by atoms with Gasteiger partial charge in [0, 0.05) is 38.3 Å². The summed E-state index contributed by atoms with van der Waals surface area (Å²) in [7, 11) is 0. The molecule has 3 rings (SSSR count). The van der Waals surface area contributed by atoms with Crippen molar-refractivity contribution in [2.75, 3.05) is 32.7 Å². The van der Waals surface area contributed by atoms with Crippen LogP contribution in [0.2, 0.25) is 0 Å². The second-order valence-electron chi connectivity index (χ2n) is 7.39. The number of piperazine rings is 1. The Labute approximate surface area is 169 Å². The molecule has 0 radical (unpaired) electrons. The molecule has 2 amide bonds. The minimum atomic E-state index is -0.389. The minimum Gasteiger partial charge on any atom is -0.351 e. The molecule has 7 heteroatoms. The third-order valence-corrected chi connectivity index (χ3v) is 5.17. The van der Waals surface area contributed by atoms with Gasteiger partial charge in [-0.3, -0.25) is 14.5 Å². The van der Waals surface area contributed by atoms with Gasteiger partial charge in [-0.1, -0.05) is 18.2 Å². The van der Waals surface area contributed by atoms with Gasteiger partial charge in [0.25, 0.3) is 5.91 Å². The van der Waals surface area contributed by atoms with Gasteiger partial charge < -0.3 is 10.2 Å². The summed E-state index contributed by atoms with van der Waals surface area (Å²) in [5.74, 6) is -1.02. The third-order valence-electron chi connectivity index (χ3n) is 5.17. The summed E-state index contributed by atoms with van der Waals surface area (Å²) < 4.78 is 27.3. The lowest BCUT2D eigenvalue weighted by atomic mass is 10.1. The number of carbonyl (C=O) groups excluding carboxylic acids is 2. The van der Waals surface area contributed by atoms with E-state index in [2.05, 4.69) is 5.32 Å². The molecule has 0 saturated carbocycles. The van der Waals surface area contributed by atoms with Crippen molar-refractivity contribution < 1.29 is 18.4 Å². The molecule has 0 aromatic heterocycles. The van der Waals surface area contributed by atoms with Crippen LogP contribution in [0, 0.1) is 25.5 Å². The van der Waals surface area contributed by atoms with Gasteiger partial charge in [0.2, 0.25) is 5.91 Å². The fourth-order valence-corrected chi connectivity index (χ4v) is 3.22. The summed E-state index contributed by atoms with van der Waals surface area (Å²) in [5, 5.41) is 2.79. The lowest BCUT2D eigenvalue weighted by Gasteiger charge is -2.34. The van der Waals surface area contributed by atoms with Crippen LogP contribution in [0.3, 0.4) is 0 Å². The Morgan fingerprint density at radius 1 is 0.931 bits per heavy atom. The smallest absolute Gasteiger partial charge is 0.254 e. The van der Waals surface area contributed by atoms with E-state index in [0.29, 0.717) is 48.4 Å². The summed E-state index contributed by atoms with van der Waals surface area (Å²) in [4.78, 5) is 28.3. The van der Waals surface area contributed by atoms with Crippen LogP contribution in [0.1, 0.15) is 27.0 Å². The summed E-state index contributed by atoms with van der Waals surface area (Å²) in [5.41, 5.74) is 2.12. The largest absolute Gasteiger partial charge is 0.351 e. The standard InChI is InChI=1S/C22H25F2N3O2/c1-15-3-5-17(11-19(15)23)13-25-21(28)14-26-7-9-27(10-8-26)22(29)18-6-4-16(2)20(24)12-18/h3-6,11-12H,7-10,13-14H2,1-2H3,(H,25,28). The Morgan fingerprint density at radius 3 is 2.17 bits per heavy atom. The molecule has 0 atom stereocenters. The molecule has 0 spiro atoms. The Morgan fingerprint density at radius 2 is 1.55 bits per heavy atom. The van der Waals surface area contributed by atoms with Crippen molar-refractivity contribution in [1.29, 1.82) is 0 Å². The Bertz CT molecular complexity index is 909. The van der Waals surface area contributed by atoms with E-state index in [4.69, 9.17) is 0 Å². The Kier molecular flexibility index (Phi) is 6.59. The number of amides is 2. The lowest BCUT2D eigenvalue weighted by Crippen LogP contribution is -2.51. The number of aryl methyl sites for hydroxylation is 2. The fourth-order valence-electron chi connectivity index (χ4n) is 3.22. The van der Waals surface area contributed by atoms with Gasteiger partial charge in [-0.2, -0.15) is 0 Å². The van der Waals surface area contributed by atoms with Gasteiger partial charge in [-0.15, -0.1) is 0 Å². The summed E-state index contributed by atoms with van der Waals surface area (Å²) in [6.07, 6.45) is 0. The van der Waals surface area contributed by atoms with Gasteiger partial charge in [0.15, 0.2) is 0 Å². The first kappa shape index (κ1) is 20.9. The van der Waals surface area contributed by atoms with E-state index < -0.39 is 0 Å². The predicted molar refractivity (Wildman–Crippen MR) is 106 cm³/mol. The molecule has 1 saturated heterocycles. The third kappa shape index (κ3) is 5.38. The zero-order valence-electron chi connectivity index (χ0n) is 16.7. The van der Waals surface area contributed by atoms with Crippen LogP contribution in [-0.2, 0) is 11.3 Å². The average molecular weight is 401 g/mol.